The first-order chi connectivity index (χ1) is 11.9. The van der Waals surface area contributed by atoms with E-state index in [0.717, 1.165) is 32.3 Å². The van der Waals surface area contributed by atoms with Crippen molar-refractivity contribution in [3.05, 3.63) is 0 Å². The van der Waals surface area contributed by atoms with E-state index in [1.54, 1.807) is 0 Å². The van der Waals surface area contributed by atoms with Crippen LogP contribution in [-0.4, -0.2) is 84.8 Å². The van der Waals surface area contributed by atoms with Gasteiger partial charge in [0.15, 0.2) is 0 Å². The van der Waals surface area contributed by atoms with E-state index in [4.69, 9.17) is 24.5 Å². The quantitative estimate of drug-likeness (QED) is 0.574. The van der Waals surface area contributed by atoms with Crippen LogP contribution in [0.1, 0.15) is 12.8 Å². The summed E-state index contributed by atoms with van der Waals surface area (Å²) < 4.78 is 68.8. The topological polar surface area (TPSA) is 99.1 Å². The molecule has 3 N–H and O–H groups in total. The summed E-state index contributed by atoms with van der Waals surface area (Å²) in [6, 6.07) is 0.829. The van der Waals surface area contributed by atoms with Crippen LogP contribution in [-0.2, 0) is 14.3 Å². The minimum atomic E-state index is -5.08. The number of piperidine rings is 1. The molecule has 2 rings (SSSR count). The van der Waals surface area contributed by atoms with Gasteiger partial charge in [-0.25, -0.2) is 9.59 Å². The third kappa shape index (κ3) is 11.1. The van der Waals surface area contributed by atoms with Crippen LogP contribution in [0.25, 0.3) is 0 Å². The van der Waals surface area contributed by atoms with Gasteiger partial charge in [-0.2, -0.15) is 26.3 Å². The number of carbonyl (C=O) groups is 2. The molecule has 7 nitrogen and oxygen atoms in total. The number of carboxylic acids is 2. The Morgan fingerprint density at radius 3 is 1.54 bits per heavy atom. The third-order valence-electron chi connectivity index (χ3n) is 3.36. The summed E-state index contributed by atoms with van der Waals surface area (Å²) >= 11 is 0. The van der Waals surface area contributed by atoms with Crippen LogP contribution in [0.2, 0.25) is 0 Å². The first-order valence-corrected chi connectivity index (χ1v) is 7.48. The van der Waals surface area contributed by atoms with E-state index in [-0.39, 0.29) is 0 Å². The number of halogens is 6. The normalized spacial score (nSPS) is 19.5. The molecule has 0 saturated carbocycles. The van der Waals surface area contributed by atoms with E-state index in [0.29, 0.717) is 0 Å². The maximum absolute atomic E-state index is 10.6. The molecule has 2 heterocycles. The van der Waals surface area contributed by atoms with Crippen molar-refractivity contribution in [3.8, 4) is 0 Å². The molecule has 13 heteroatoms. The zero-order valence-electron chi connectivity index (χ0n) is 13.6. The zero-order valence-corrected chi connectivity index (χ0v) is 13.6. The van der Waals surface area contributed by atoms with Gasteiger partial charge in [-0.3, -0.25) is 4.90 Å². The second-order valence-corrected chi connectivity index (χ2v) is 5.24. The Balaban J connectivity index is 0.000000390. The van der Waals surface area contributed by atoms with Gasteiger partial charge in [0.2, 0.25) is 0 Å². The molecule has 2 aliphatic rings. The molecule has 0 bridgehead atoms. The molecule has 0 spiro atoms. The van der Waals surface area contributed by atoms with Gasteiger partial charge in [0.1, 0.15) is 0 Å². The fraction of sp³-hybridized carbons (Fsp3) is 0.846. The molecule has 2 aliphatic heterocycles. The number of hydrogen-bond donors (Lipinski definition) is 3. The van der Waals surface area contributed by atoms with E-state index < -0.39 is 24.3 Å². The van der Waals surface area contributed by atoms with Gasteiger partial charge >= 0.3 is 24.3 Å². The molecular weight excluding hydrogens is 378 g/mol. The lowest BCUT2D eigenvalue weighted by Crippen LogP contribution is -2.47. The molecule has 0 radical (unpaired) electrons. The van der Waals surface area contributed by atoms with E-state index in [1.807, 2.05) is 0 Å². The number of nitrogens with one attached hydrogen (secondary N) is 1. The second-order valence-electron chi connectivity index (χ2n) is 5.24. The molecule has 2 saturated heterocycles. The van der Waals surface area contributed by atoms with Crippen molar-refractivity contribution < 1.29 is 50.9 Å². The Hall–Kier alpha value is -1.60. The standard InChI is InChI=1S/C9H18N2O.2C2HF3O2/c1-3-10-4-2-9(1)11-5-7-12-8-6-11;2*3-2(4,5)1(6)7/h9-10H,1-8H2;2*(H,6,7). The van der Waals surface area contributed by atoms with Crippen LogP contribution in [0.3, 0.4) is 0 Å². The summed E-state index contributed by atoms with van der Waals surface area (Å²) in [6.07, 6.45) is -7.53. The van der Waals surface area contributed by atoms with E-state index >= 15 is 0 Å². The molecule has 0 atom stereocenters. The van der Waals surface area contributed by atoms with Crippen LogP contribution in [0.15, 0.2) is 0 Å². The van der Waals surface area contributed by atoms with Gasteiger partial charge in [0.25, 0.3) is 0 Å². The van der Waals surface area contributed by atoms with Crippen LogP contribution in [0.4, 0.5) is 26.3 Å². The molecule has 0 aromatic heterocycles. The zero-order chi connectivity index (χ0) is 20.4. The van der Waals surface area contributed by atoms with E-state index in [2.05, 4.69) is 10.2 Å². The van der Waals surface area contributed by atoms with Gasteiger partial charge in [0.05, 0.1) is 13.2 Å². The number of ether oxygens (including phenoxy) is 1. The molecule has 0 aliphatic carbocycles. The number of hydrogen-bond acceptors (Lipinski definition) is 5. The minimum Gasteiger partial charge on any atom is -0.475 e. The number of alkyl halides is 6. The largest absolute Gasteiger partial charge is 0.490 e. The highest BCUT2D eigenvalue weighted by Crippen LogP contribution is 2.14. The minimum absolute atomic E-state index is 0.829. The summed E-state index contributed by atoms with van der Waals surface area (Å²) in [7, 11) is 0. The number of rotatable bonds is 1. The lowest BCUT2D eigenvalue weighted by Gasteiger charge is -2.36. The van der Waals surface area contributed by atoms with Gasteiger partial charge in [0, 0.05) is 19.1 Å². The maximum Gasteiger partial charge on any atom is 0.490 e. The average Bonchev–Trinajstić information content (AvgIpc) is 2.56. The molecule has 2 fully saturated rings. The maximum atomic E-state index is 10.6. The van der Waals surface area contributed by atoms with Gasteiger partial charge < -0.3 is 20.3 Å². The number of carboxylic acid groups (broad SMARTS) is 2. The summed E-state index contributed by atoms with van der Waals surface area (Å²) in [4.78, 5) is 20.4. The summed E-state index contributed by atoms with van der Waals surface area (Å²) in [5.74, 6) is -5.51. The fourth-order valence-electron chi connectivity index (χ4n) is 2.11. The van der Waals surface area contributed by atoms with E-state index in [1.165, 1.54) is 25.9 Å². The molecule has 0 aromatic rings. The van der Waals surface area contributed by atoms with Crippen molar-refractivity contribution in [1.82, 2.24) is 10.2 Å². The van der Waals surface area contributed by atoms with Crippen molar-refractivity contribution in [1.29, 1.82) is 0 Å². The third-order valence-corrected chi connectivity index (χ3v) is 3.36. The molecule has 154 valence electrons. The highest BCUT2D eigenvalue weighted by molar-refractivity contribution is 5.73. The van der Waals surface area contributed by atoms with Crippen LogP contribution < -0.4 is 5.32 Å². The first kappa shape index (κ1) is 24.4. The van der Waals surface area contributed by atoms with Crippen LogP contribution in [0, 0.1) is 0 Å². The van der Waals surface area contributed by atoms with Crippen molar-refractivity contribution in [2.45, 2.75) is 31.2 Å². The van der Waals surface area contributed by atoms with Gasteiger partial charge in [-0.15, -0.1) is 0 Å². The molecule has 0 unspecified atom stereocenters. The highest BCUT2D eigenvalue weighted by atomic mass is 19.4. The van der Waals surface area contributed by atoms with Crippen molar-refractivity contribution in [3.63, 3.8) is 0 Å². The monoisotopic (exact) mass is 398 g/mol. The number of morpholine rings is 1. The second kappa shape index (κ2) is 11.2. The van der Waals surface area contributed by atoms with Crippen molar-refractivity contribution in [2.24, 2.45) is 0 Å². The Kier molecular flexibility index (Phi) is 10.5. The molecule has 26 heavy (non-hydrogen) atoms. The predicted octanol–water partition coefficient (Wildman–Crippen LogP) is 1.34. The lowest BCUT2D eigenvalue weighted by atomic mass is 10.0. The van der Waals surface area contributed by atoms with Crippen LogP contribution >= 0.6 is 0 Å². The number of nitrogens with zero attached hydrogens (tertiary/aromatic N) is 1. The van der Waals surface area contributed by atoms with Crippen molar-refractivity contribution >= 4 is 11.9 Å². The van der Waals surface area contributed by atoms with Crippen LogP contribution in [0.5, 0.6) is 0 Å². The first-order valence-electron chi connectivity index (χ1n) is 7.48. The highest BCUT2D eigenvalue weighted by Gasteiger charge is 2.38. The molecule has 0 aromatic carbocycles. The predicted molar refractivity (Wildman–Crippen MR) is 75.7 cm³/mol. The Bertz CT molecular complexity index is 392. The average molecular weight is 398 g/mol. The Morgan fingerprint density at radius 2 is 1.23 bits per heavy atom. The van der Waals surface area contributed by atoms with E-state index in [9.17, 15) is 26.3 Å². The fourth-order valence-corrected chi connectivity index (χ4v) is 2.11. The smallest absolute Gasteiger partial charge is 0.475 e. The lowest BCUT2D eigenvalue weighted by molar-refractivity contribution is -0.193. The SMILES string of the molecule is C1CC(N2CCOCC2)CCN1.O=C(O)C(F)(F)F.O=C(O)C(F)(F)F. The summed E-state index contributed by atoms with van der Waals surface area (Å²) in [6.45, 7) is 6.55. The van der Waals surface area contributed by atoms with Gasteiger partial charge in [-0.05, 0) is 25.9 Å². The van der Waals surface area contributed by atoms with Crippen molar-refractivity contribution in [2.75, 3.05) is 39.4 Å². The Labute approximate surface area is 144 Å². The van der Waals surface area contributed by atoms with Gasteiger partial charge in [-0.1, -0.05) is 0 Å². The molecular formula is C13H20F6N2O5. The summed E-state index contributed by atoms with van der Waals surface area (Å²) in [5, 5.41) is 17.6. The molecule has 0 amide bonds. The Morgan fingerprint density at radius 1 is 0.885 bits per heavy atom. The number of aliphatic carboxylic acids is 2. The summed E-state index contributed by atoms with van der Waals surface area (Å²) in [5.41, 5.74) is 0.